The van der Waals surface area contributed by atoms with E-state index in [4.69, 9.17) is 10.5 Å². The highest BCUT2D eigenvalue weighted by Crippen LogP contribution is 2.24. The van der Waals surface area contributed by atoms with Crippen molar-refractivity contribution in [3.8, 4) is 5.88 Å². The Bertz CT molecular complexity index is 460. The number of hydrogen-bond donors (Lipinski definition) is 2. The van der Waals surface area contributed by atoms with Crippen molar-refractivity contribution >= 4 is 17.4 Å². The molecule has 7 heteroatoms. The Kier molecular flexibility index (Phi) is 4.97. The molecule has 110 valence electrons. The molecule has 0 saturated carbocycles. The summed E-state index contributed by atoms with van der Waals surface area (Å²) in [6, 6.07) is 0. The van der Waals surface area contributed by atoms with Gasteiger partial charge in [0.15, 0.2) is 5.82 Å². The van der Waals surface area contributed by atoms with Gasteiger partial charge in [-0.2, -0.15) is 4.98 Å². The number of nitrogens with zero attached hydrogens (tertiary/aromatic N) is 3. The van der Waals surface area contributed by atoms with Crippen molar-refractivity contribution in [1.82, 2.24) is 14.9 Å². The number of rotatable bonds is 5. The van der Waals surface area contributed by atoms with Gasteiger partial charge in [0.1, 0.15) is 12.0 Å². The molecule has 2 rings (SSSR count). The van der Waals surface area contributed by atoms with Crippen molar-refractivity contribution in [3.63, 3.8) is 0 Å². The van der Waals surface area contributed by atoms with E-state index in [9.17, 15) is 4.79 Å². The molecule has 2 heterocycles. The van der Waals surface area contributed by atoms with Gasteiger partial charge in [-0.3, -0.25) is 4.79 Å². The zero-order chi connectivity index (χ0) is 14.4. The molecule has 7 nitrogen and oxygen atoms in total. The van der Waals surface area contributed by atoms with E-state index in [1.807, 2.05) is 11.8 Å². The minimum atomic E-state index is 0.0701. The van der Waals surface area contributed by atoms with Crippen LogP contribution in [0.4, 0.5) is 11.5 Å². The Morgan fingerprint density at radius 1 is 1.40 bits per heavy atom. The smallest absolute Gasteiger partial charge is 0.242 e. The predicted octanol–water partition coefficient (Wildman–Crippen LogP) is 0.882. The first-order valence-electron chi connectivity index (χ1n) is 6.97. The van der Waals surface area contributed by atoms with Gasteiger partial charge in [-0.25, -0.2) is 4.98 Å². The SMILES string of the molecule is CCOc1ncnc(NCC(=O)N2CCCCC2)c1N. The van der Waals surface area contributed by atoms with Crippen LogP contribution in [0.3, 0.4) is 0 Å². The fraction of sp³-hybridized carbons (Fsp3) is 0.615. The number of piperidine rings is 1. The Morgan fingerprint density at radius 3 is 2.85 bits per heavy atom. The van der Waals surface area contributed by atoms with Crippen molar-refractivity contribution in [1.29, 1.82) is 0 Å². The molecule has 20 heavy (non-hydrogen) atoms. The summed E-state index contributed by atoms with van der Waals surface area (Å²) in [5, 5.41) is 2.96. The highest BCUT2D eigenvalue weighted by atomic mass is 16.5. The second kappa shape index (κ2) is 6.93. The molecule has 0 aliphatic carbocycles. The normalized spacial score (nSPS) is 14.9. The second-order valence-corrected chi connectivity index (χ2v) is 4.67. The lowest BCUT2D eigenvalue weighted by molar-refractivity contribution is -0.130. The van der Waals surface area contributed by atoms with Gasteiger partial charge in [0.25, 0.3) is 0 Å². The lowest BCUT2D eigenvalue weighted by Crippen LogP contribution is -2.39. The summed E-state index contributed by atoms with van der Waals surface area (Å²) < 4.78 is 5.29. The van der Waals surface area contributed by atoms with Gasteiger partial charge < -0.3 is 20.7 Å². The number of carbonyl (C=O) groups is 1. The summed E-state index contributed by atoms with van der Waals surface area (Å²) in [6.07, 6.45) is 4.73. The molecule has 1 amide bonds. The van der Waals surface area contributed by atoms with Crippen LogP contribution in [0.2, 0.25) is 0 Å². The molecule has 1 aliphatic rings. The fourth-order valence-corrected chi connectivity index (χ4v) is 2.19. The maximum atomic E-state index is 12.0. The lowest BCUT2D eigenvalue weighted by Gasteiger charge is -2.26. The number of carbonyl (C=O) groups excluding carboxylic acids is 1. The van der Waals surface area contributed by atoms with E-state index in [0.717, 1.165) is 25.9 Å². The van der Waals surface area contributed by atoms with Crippen molar-refractivity contribution < 1.29 is 9.53 Å². The molecular formula is C13H21N5O2. The zero-order valence-corrected chi connectivity index (χ0v) is 11.8. The average Bonchev–Trinajstić information content (AvgIpc) is 2.49. The second-order valence-electron chi connectivity index (χ2n) is 4.67. The van der Waals surface area contributed by atoms with Crippen molar-refractivity contribution in [3.05, 3.63) is 6.33 Å². The van der Waals surface area contributed by atoms with Gasteiger partial charge in [0.05, 0.1) is 13.2 Å². The number of anilines is 2. The predicted molar refractivity (Wildman–Crippen MR) is 76.5 cm³/mol. The van der Waals surface area contributed by atoms with E-state index in [1.54, 1.807) is 0 Å². The number of nitrogens with two attached hydrogens (primary N) is 1. The Hall–Kier alpha value is -2.05. The van der Waals surface area contributed by atoms with Crippen LogP contribution in [0.1, 0.15) is 26.2 Å². The quantitative estimate of drug-likeness (QED) is 0.831. The third-order valence-corrected chi connectivity index (χ3v) is 3.24. The first-order chi connectivity index (χ1) is 9.72. The minimum Gasteiger partial charge on any atom is -0.476 e. The van der Waals surface area contributed by atoms with Crippen LogP contribution in [0.5, 0.6) is 5.88 Å². The molecule has 1 aliphatic heterocycles. The monoisotopic (exact) mass is 279 g/mol. The van der Waals surface area contributed by atoms with Gasteiger partial charge in [-0.05, 0) is 26.2 Å². The number of hydrogen-bond acceptors (Lipinski definition) is 6. The highest BCUT2D eigenvalue weighted by Gasteiger charge is 2.17. The van der Waals surface area contributed by atoms with Crippen LogP contribution in [-0.4, -0.2) is 47.0 Å². The van der Waals surface area contributed by atoms with Gasteiger partial charge in [-0.1, -0.05) is 0 Å². The largest absolute Gasteiger partial charge is 0.476 e. The van der Waals surface area contributed by atoms with Crippen LogP contribution in [-0.2, 0) is 4.79 Å². The van der Waals surface area contributed by atoms with Crippen molar-refractivity contribution in [2.45, 2.75) is 26.2 Å². The summed E-state index contributed by atoms with van der Waals surface area (Å²) in [5.74, 6) is 0.852. The average molecular weight is 279 g/mol. The summed E-state index contributed by atoms with van der Waals surface area (Å²) in [4.78, 5) is 21.9. The van der Waals surface area contributed by atoms with Crippen LogP contribution >= 0.6 is 0 Å². The van der Waals surface area contributed by atoms with Crippen LogP contribution in [0.25, 0.3) is 0 Å². The van der Waals surface area contributed by atoms with Crippen molar-refractivity contribution in [2.75, 3.05) is 37.3 Å². The molecule has 0 atom stereocenters. The van der Waals surface area contributed by atoms with Gasteiger partial charge in [0, 0.05) is 13.1 Å². The topological polar surface area (TPSA) is 93.4 Å². The first kappa shape index (κ1) is 14.4. The number of nitrogens with one attached hydrogen (secondary N) is 1. The maximum Gasteiger partial charge on any atom is 0.242 e. The lowest BCUT2D eigenvalue weighted by atomic mass is 10.1. The summed E-state index contributed by atoms with van der Waals surface area (Å²) in [6.45, 7) is 4.20. The molecule has 1 aromatic rings. The van der Waals surface area contributed by atoms with E-state index in [1.165, 1.54) is 12.7 Å². The molecule has 0 unspecified atom stereocenters. The van der Waals surface area contributed by atoms with Gasteiger partial charge >= 0.3 is 0 Å². The number of nitrogen functional groups attached to an aromatic ring is 1. The minimum absolute atomic E-state index is 0.0701. The van der Waals surface area contributed by atoms with E-state index in [2.05, 4.69) is 15.3 Å². The molecule has 1 fully saturated rings. The first-order valence-corrected chi connectivity index (χ1v) is 6.97. The summed E-state index contributed by atoms with van der Waals surface area (Å²) in [7, 11) is 0. The number of aromatic nitrogens is 2. The van der Waals surface area contributed by atoms with Crippen LogP contribution in [0.15, 0.2) is 6.33 Å². The van der Waals surface area contributed by atoms with E-state index in [0.29, 0.717) is 24.0 Å². The van der Waals surface area contributed by atoms with Crippen LogP contribution < -0.4 is 15.8 Å². The van der Waals surface area contributed by atoms with E-state index < -0.39 is 0 Å². The highest BCUT2D eigenvalue weighted by molar-refractivity contribution is 5.82. The Balaban J connectivity index is 1.93. The molecule has 0 radical (unpaired) electrons. The molecule has 1 aromatic heterocycles. The van der Waals surface area contributed by atoms with Gasteiger partial charge in [0.2, 0.25) is 11.8 Å². The summed E-state index contributed by atoms with van der Waals surface area (Å²) >= 11 is 0. The number of amides is 1. The Labute approximate surface area is 118 Å². The molecule has 3 N–H and O–H groups in total. The number of ether oxygens (including phenoxy) is 1. The maximum absolute atomic E-state index is 12.0. The standard InChI is InChI=1S/C13H21N5O2/c1-2-20-13-11(14)12(16-9-17-13)15-8-10(19)18-6-4-3-5-7-18/h9H,2-8,14H2,1H3,(H,15,16,17). The fourth-order valence-electron chi connectivity index (χ4n) is 2.19. The third-order valence-electron chi connectivity index (χ3n) is 3.24. The van der Waals surface area contributed by atoms with Gasteiger partial charge in [-0.15, -0.1) is 0 Å². The molecule has 0 spiro atoms. The van der Waals surface area contributed by atoms with Crippen molar-refractivity contribution in [2.24, 2.45) is 0 Å². The number of likely N-dealkylation sites (tertiary alicyclic amines) is 1. The molecule has 0 aromatic carbocycles. The van der Waals surface area contributed by atoms with Crippen LogP contribution in [0, 0.1) is 0 Å². The van der Waals surface area contributed by atoms with E-state index in [-0.39, 0.29) is 12.5 Å². The zero-order valence-electron chi connectivity index (χ0n) is 11.8. The molecular weight excluding hydrogens is 258 g/mol. The molecule has 0 bridgehead atoms. The Morgan fingerprint density at radius 2 is 2.15 bits per heavy atom. The van der Waals surface area contributed by atoms with E-state index >= 15 is 0 Å². The molecule has 1 saturated heterocycles. The third kappa shape index (κ3) is 3.49. The summed E-state index contributed by atoms with van der Waals surface area (Å²) in [5.41, 5.74) is 6.23.